The fraction of sp³-hybridized carbons (Fsp3) is 0.471. The van der Waals surface area contributed by atoms with Gasteiger partial charge in [0.25, 0.3) is 0 Å². The molecule has 0 saturated heterocycles. The van der Waals surface area contributed by atoms with Gasteiger partial charge in [0.05, 0.1) is 21.5 Å². The Morgan fingerprint density at radius 2 is 1.95 bits per heavy atom. The van der Waals surface area contributed by atoms with Gasteiger partial charge in [0, 0.05) is 6.04 Å². The van der Waals surface area contributed by atoms with Crippen molar-refractivity contribution >= 4 is 15.9 Å². The molecule has 0 amide bonds. The van der Waals surface area contributed by atoms with E-state index in [1.807, 2.05) is 11.6 Å². The predicted octanol–water partition coefficient (Wildman–Crippen LogP) is 4.70. The average Bonchev–Trinajstić information content (AvgIpc) is 2.76. The van der Waals surface area contributed by atoms with Crippen molar-refractivity contribution < 1.29 is 0 Å². The van der Waals surface area contributed by atoms with E-state index in [1.165, 1.54) is 11.3 Å². The molecule has 0 saturated carbocycles. The Morgan fingerprint density at radius 1 is 1.24 bits per heavy atom. The molecule has 2 aromatic rings. The van der Waals surface area contributed by atoms with E-state index in [4.69, 9.17) is 0 Å². The smallest absolute Gasteiger partial charge is 0.0743 e. The number of hydrogen-bond donors (Lipinski definition) is 1. The van der Waals surface area contributed by atoms with Crippen molar-refractivity contribution in [1.82, 2.24) is 15.1 Å². The molecule has 1 atom stereocenters. The second-order valence-electron chi connectivity index (χ2n) is 5.37. The van der Waals surface area contributed by atoms with Crippen LogP contribution in [0.1, 0.15) is 49.7 Å². The summed E-state index contributed by atoms with van der Waals surface area (Å²) in [5.74, 6) is 0. The van der Waals surface area contributed by atoms with Gasteiger partial charge in [-0.25, -0.2) is 4.68 Å². The third-order valence-electron chi connectivity index (χ3n) is 3.79. The number of benzene rings is 1. The summed E-state index contributed by atoms with van der Waals surface area (Å²) in [6.07, 6.45) is 2.21. The number of nitrogens with zero attached hydrogens (tertiary/aromatic N) is 2. The Hall–Kier alpha value is -1.13. The summed E-state index contributed by atoms with van der Waals surface area (Å²) in [4.78, 5) is 0. The lowest BCUT2D eigenvalue weighted by Gasteiger charge is -2.21. The molecule has 0 aliphatic carbocycles. The summed E-state index contributed by atoms with van der Waals surface area (Å²) in [7, 11) is 0. The Balaban J connectivity index is 2.47. The standard InChI is InChI=1S/C17H24BrN3/c1-5-11-19-15(6-2)14-9-7-8-10-16(14)21-13(4)17(18)12(3)20-21/h7-10,15,19H,5-6,11H2,1-4H3. The predicted molar refractivity (Wildman–Crippen MR) is 92.1 cm³/mol. The largest absolute Gasteiger partial charge is 0.310 e. The molecule has 3 nitrogen and oxygen atoms in total. The zero-order valence-corrected chi connectivity index (χ0v) is 14.9. The number of para-hydroxylation sites is 1. The van der Waals surface area contributed by atoms with E-state index < -0.39 is 0 Å². The van der Waals surface area contributed by atoms with Crippen LogP contribution < -0.4 is 5.32 Å². The molecule has 2 rings (SSSR count). The van der Waals surface area contributed by atoms with Gasteiger partial charge in [-0.05, 0) is 60.8 Å². The zero-order chi connectivity index (χ0) is 15.4. The lowest BCUT2D eigenvalue weighted by Crippen LogP contribution is -2.23. The summed E-state index contributed by atoms with van der Waals surface area (Å²) in [6.45, 7) is 9.59. The van der Waals surface area contributed by atoms with Gasteiger partial charge < -0.3 is 5.32 Å². The van der Waals surface area contributed by atoms with Gasteiger partial charge in [-0.1, -0.05) is 32.0 Å². The van der Waals surface area contributed by atoms with Crippen LogP contribution >= 0.6 is 15.9 Å². The van der Waals surface area contributed by atoms with Gasteiger partial charge in [0.1, 0.15) is 0 Å². The molecule has 1 aromatic carbocycles. The number of aryl methyl sites for hydroxylation is 1. The van der Waals surface area contributed by atoms with Gasteiger partial charge in [-0.3, -0.25) is 0 Å². The molecule has 0 aliphatic heterocycles. The van der Waals surface area contributed by atoms with E-state index in [0.717, 1.165) is 35.2 Å². The first-order chi connectivity index (χ1) is 10.1. The molecule has 114 valence electrons. The highest BCUT2D eigenvalue weighted by molar-refractivity contribution is 9.10. The SMILES string of the molecule is CCCNC(CC)c1ccccc1-n1nc(C)c(Br)c1C. The monoisotopic (exact) mass is 349 g/mol. The van der Waals surface area contributed by atoms with Crippen LogP contribution in [0.4, 0.5) is 0 Å². The number of nitrogens with one attached hydrogen (secondary N) is 1. The fourth-order valence-electron chi connectivity index (χ4n) is 2.63. The molecule has 1 heterocycles. The number of rotatable bonds is 6. The third-order valence-corrected chi connectivity index (χ3v) is 4.94. The van der Waals surface area contributed by atoms with Crippen LogP contribution in [0.2, 0.25) is 0 Å². The van der Waals surface area contributed by atoms with Crippen LogP contribution in [0.15, 0.2) is 28.7 Å². The zero-order valence-electron chi connectivity index (χ0n) is 13.3. The topological polar surface area (TPSA) is 29.9 Å². The highest BCUT2D eigenvalue weighted by atomic mass is 79.9. The maximum Gasteiger partial charge on any atom is 0.0743 e. The molecule has 0 radical (unpaired) electrons. The second kappa shape index (κ2) is 7.23. The maximum atomic E-state index is 4.68. The molecule has 21 heavy (non-hydrogen) atoms. The second-order valence-corrected chi connectivity index (χ2v) is 6.16. The van der Waals surface area contributed by atoms with E-state index >= 15 is 0 Å². The van der Waals surface area contributed by atoms with Crippen molar-refractivity contribution in [2.45, 2.75) is 46.6 Å². The van der Waals surface area contributed by atoms with Crippen molar-refractivity contribution in [3.8, 4) is 5.69 Å². The van der Waals surface area contributed by atoms with Crippen LogP contribution in [0.3, 0.4) is 0 Å². The molecule has 0 fully saturated rings. The summed E-state index contributed by atoms with van der Waals surface area (Å²) in [6, 6.07) is 8.91. The number of halogens is 1. The average molecular weight is 350 g/mol. The Morgan fingerprint density at radius 3 is 2.52 bits per heavy atom. The van der Waals surface area contributed by atoms with Crippen LogP contribution in [-0.2, 0) is 0 Å². The molecule has 4 heteroatoms. The number of hydrogen-bond acceptors (Lipinski definition) is 2. The van der Waals surface area contributed by atoms with Crippen molar-refractivity contribution in [3.63, 3.8) is 0 Å². The quantitative estimate of drug-likeness (QED) is 0.818. The highest BCUT2D eigenvalue weighted by Crippen LogP contribution is 2.28. The van der Waals surface area contributed by atoms with Gasteiger partial charge in [0.2, 0.25) is 0 Å². The molecule has 1 N–H and O–H groups in total. The lowest BCUT2D eigenvalue weighted by atomic mass is 10.0. The molecule has 0 spiro atoms. The van der Waals surface area contributed by atoms with Crippen LogP contribution in [-0.4, -0.2) is 16.3 Å². The van der Waals surface area contributed by atoms with E-state index in [0.29, 0.717) is 6.04 Å². The van der Waals surface area contributed by atoms with Crippen LogP contribution in [0, 0.1) is 13.8 Å². The van der Waals surface area contributed by atoms with Gasteiger partial charge in [-0.2, -0.15) is 5.10 Å². The first kappa shape index (κ1) is 16.2. The van der Waals surface area contributed by atoms with Crippen molar-refractivity contribution in [1.29, 1.82) is 0 Å². The van der Waals surface area contributed by atoms with Crippen LogP contribution in [0.5, 0.6) is 0 Å². The Labute approximate surface area is 135 Å². The summed E-state index contributed by atoms with van der Waals surface area (Å²) in [5, 5.41) is 8.31. The van der Waals surface area contributed by atoms with E-state index in [2.05, 4.69) is 71.4 Å². The summed E-state index contributed by atoms with van der Waals surface area (Å²) in [5.41, 5.74) is 4.65. The summed E-state index contributed by atoms with van der Waals surface area (Å²) >= 11 is 3.62. The minimum Gasteiger partial charge on any atom is -0.310 e. The van der Waals surface area contributed by atoms with E-state index in [9.17, 15) is 0 Å². The summed E-state index contributed by atoms with van der Waals surface area (Å²) < 4.78 is 3.14. The third kappa shape index (κ3) is 3.38. The molecular weight excluding hydrogens is 326 g/mol. The Bertz CT molecular complexity index is 604. The van der Waals surface area contributed by atoms with Gasteiger partial charge in [0.15, 0.2) is 0 Å². The minimum absolute atomic E-state index is 0.365. The van der Waals surface area contributed by atoms with Crippen LogP contribution in [0.25, 0.3) is 5.69 Å². The maximum absolute atomic E-state index is 4.68. The fourth-order valence-corrected chi connectivity index (χ4v) is 2.87. The number of aromatic nitrogens is 2. The minimum atomic E-state index is 0.365. The Kier molecular flexibility index (Phi) is 5.59. The van der Waals surface area contributed by atoms with Crippen molar-refractivity contribution in [2.75, 3.05) is 6.54 Å². The lowest BCUT2D eigenvalue weighted by molar-refractivity contribution is 0.515. The van der Waals surface area contributed by atoms with Gasteiger partial charge in [-0.15, -0.1) is 0 Å². The highest BCUT2D eigenvalue weighted by Gasteiger charge is 2.17. The molecule has 1 aromatic heterocycles. The first-order valence-electron chi connectivity index (χ1n) is 7.64. The van der Waals surface area contributed by atoms with E-state index in [-0.39, 0.29) is 0 Å². The molecule has 1 unspecified atom stereocenters. The molecular formula is C17H24BrN3. The van der Waals surface area contributed by atoms with Gasteiger partial charge >= 0.3 is 0 Å². The van der Waals surface area contributed by atoms with Crippen molar-refractivity contribution in [2.24, 2.45) is 0 Å². The normalized spacial score (nSPS) is 12.6. The van der Waals surface area contributed by atoms with E-state index in [1.54, 1.807) is 0 Å². The van der Waals surface area contributed by atoms with Crippen molar-refractivity contribution in [3.05, 3.63) is 45.7 Å². The molecule has 0 aliphatic rings. The molecule has 0 bridgehead atoms. The first-order valence-corrected chi connectivity index (χ1v) is 8.43.